The molecule has 7 nitrogen and oxygen atoms in total. The Morgan fingerprint density at radius 2 is 2.06 bits per heavy atom. The van der Waals surface area contributed by atoms with Crippen LogP contribution in [0.5, 0.6) is 5.75 Å². The van der Waals surface area contributed by atoms with E-state index in [2.05, 4.69) is 15.3 Å². The van der Waals surface area contributed by atoms with Crippen LogP contribution in [0.15, 0.2) is 48.8 Å². The van der Waals surface area contributed by atoms with E-state index in [0.29, 0.717) is 36.3 Å². The van der Waals surface area contributed by atoms with Crippen LogP contribution in [0.4, 0.5) is 19.0 Å². The summed E-state index contributed by atoms with van der Waals surface area (Å²) in [5.41, 5.74) is 2.67. The highest BCUT2D eigenvalue weighted by atomic mass is 19.3. The summed E-state index contributed by atoms with van der Waals surface area (Å²) < 4.78 is 44.3. The molecular formula is C24H21F3N4O3. The average Bonchev–Trinajstić information content (AvgIpc) is 2.84. The molecule has 0 radical (unpaired) electrons. The van der Waals surface area contributed by atoms with Crippen molar-refractivity contribution in [3.63, 3.8) is 0 Å². The number of nitrogens with zero attached hydrogens (tertiary/aromatic N) is 3. The Balaban J connectivity index is 1.57. The fraction of sp³-hybridized carbons (Fsp3) is 0.250. The minimum absolute atomic E-state index is 0.0135. The highest BCUT2D eigenvalue weighted by Crippen LogP contribution is 2.31. The van der Waals surface area contributed by atoms with Crippen LogP contribution in [-0.4, -0.2) is 48.4 Å². The second-order valence-corrected chi connectivity index (χ2v) is 7.67. The molecule has 0 atom stereocenters. The molecule has 3 aromatic rings. The second kappa shape index (κ2) is 9.90. The van der Waals surface area contributed by atoms with E-state index in [9.17, 15) is 22.8 Å². The fourth-order valence-electron chi connectivity index (χ4n) is 3.80. The first-order chi connectivity index (χ1) is 16.4. The summed E-state index contributed by atoms with van der Waals surface area (Å²) in [6.07, 6.45) is 1.11. The number of anilines is 1. The van der Waals surface area contributed by atoms with E-state index >= 15 is 0 Å². The van der Waals surface area contributed by atoms with E-state index in [-0.39, 0.29) is 17.4 Å². The number of alkyl halides is 2. The molecular weight excluding hydrogens is 449 g/mol. The number of methoxy groups -OCH3 is 1. The lowest BCUT2D eigenvalue weighted by atomic mass is 9.93. The number of fused-ring (bicyclic) bond motifs is 1. The molecule has 0 saturated carbocycles. The number of ether oxygens (including phenoxy) is 1. The highest BCUT2D eigenvalue weighted by Gasteiger charge is 2.29. The summed E-state index contributed by atoms with van der Waals surface area (Å²) in [5, 5.41) is 2.10. The van der Waals surface area contributed by atoms with Crippen molar-refractivity contribution >= 4 is 17.6 Å². The molecule has 0 fully saturated rings. The van der Waals surface area contributed by atoms with Gasteiger partial charge >= 0.3 is 0 Å². The number of aromatic nitrogens is 2. The molecule has 0 aliphatic carbocycles. The van der Waals surface area contributed by atoms with E-state index in [1.54, 1.807) is 18.2 Å². The van der Waals surface area contributed by atoms with Gasteiger partial charge in [0.1, 0.15) is 11.4 Å². The summed E-state index contributed by atoms with van der Waals surface area (Å²) in [6, 6.07) is 9.33. The SMILES string of the molecule is COc1cc2c(cc1Cc1ccc(C(=O)NCC(F)F)nc1)C(=O)N(c1ncccc1F)CC2. The predicted octanol–water partition coefficient (Wildman–Crippen LogP) is 3.41. The Morgan fingerprint density at radius 1 is 1.24 bits per heavy atom. The first-order valence-corrected chi connectivity index (χ1v) is 10.5. The number of hydrogen-bond donors (Lipinski definition) is 1. The molecule has 4 rings (SSSR count). The number of benzene rings is 1. The Kier molecular flexibility index (Phi) is 6.76. The minimum Gasteiger partial charge on any atom is -0.496 e. The van der Waals surface area contributed by atoms with E-state index in [1.807, 2.05) is 0 Å². The molecule has 0 saturated heterocycles. The van der Waals surface area contributed by atoms with Crippen molar-refractivity contribution in [2.75, 3.05) is 25.1 Å². The Bertz CT molecular complexity index is 1220. The molecule has 1 aliphatic rings. The van der Waals surface area contributed by atoms with E-state index < -0.39 is 24.7 Å². The van der Waals surface area contributed by atoms with Crippen molar-refractivity contribution < 1.29 is 27.5 Å². The number of carbonyl (C=O) groups is 2. The lowest BCUT2D eigenvalue weighted by molar-refractivity contribution is 0.0886. The van der Waals surface area contributed by atoms with Gasteiger partial charge in [0, 0.05) is 30.9 Å². The van der Waals surface area contributed by atoms with Gasteiger partial charge in [-0.1, -0.05) is 6.07 Å². The molecule has 0 unspecified atom stereocenters. The topological polar surface area (TPSA) is 84.4 Å². The molecule has 2 aromatic heterocycles. The maximum Gasteiger partial charge on any atom is 0.270 e. The third-order valence-corrected chi connectivity index (χ3v) is 5.45. The Hall–Kier alpha value is -3.95. The lowest BCUT2D eigenvalue weighted by Gasteiger charge is -2.29. The summed E-state index contributed by atoms with van der Waals surface area (Å²) >= 11 is 0. The summed E-state index contributed by atoms with van der Waals surface area (Å²) in [4.78, 5) is 34.4. The zero-order chi connectivity index (χ0) is 24.2. The molecule has 1 aromatic carbocycles. The predicted molar refractivity (Wildman–Crippen MR) is 118 cm³/mol. The van der Waals surface area contributed by atoms with Crippen LogP contribution >= 0.6 is 0 Å². The van der Waals surface area contributed by atoms with Crippen molar-refractivity contribution in [2.45, 2.75) is 19.3 Å². The maximum atomic E-state index is 14.2. The standard InChI is InChI=1S/C24H21F3N4O3/c1-34-20-11-15-6-8-31(22-18(25)3-2-7-28-22)24(33)17(15)10-16(20)9-14-4-5-19(29-12-14)23(32)30-13-21(26)27/h2-5,7,10-12,21H,6,8-9,13H2,1H3,(H,30,32). The Labute approximate surface area is 193 Å². The second-order valence-electron chi connectivity index (χ2n) is 7.67. The summed E-state index contributed by atoms with van der Waals surface area (Å²) in [5.74, 6) is -1.04. The van der Waals surface area contributed by atoms with Gasteiger partial charge < -0.3 is 10.1 Å². The van der Waals surface area contributed by atoms with Crippen molar-refractivity contribution in [1.29, 1.82) is 0 Å². The number of halogens is 3. The third kappa shape index (κ3) is 4.85. The van der Waals surface area contributed by atoms with E-state index in [0.717, 1.165) is 11.1 Å². The van der Waals surface area contributed by atoms with Crippen LogP contribution < -0.4 is 15.0 Å². The zero-order valence-corrected chi connectivity index (χ0v) is 18.2. The molecule has 10 heteroatoms. The van der Waals surface area contributed by atoms with Crippen LogP contribution in [0.2, 0.25) is 0 Å². The first kappa shape index (κ1) is 23.2. The molecule has 1 aliphatic heterocycles. The molecule has 1 N–H and O–H groups in total. The molecule has 0 bridgehead atoms. The van der Waals surface area contributed by atoms with Crippen LogP contribution in [0.25, 0.3) is 0 Å². The average molecular weight is 470 g/mol. The third-order valence-electron chi connectivity index (χ3n) is 5.45. The summed E-state index contributed by atoms with van der Waals surface area (Å²) in [7, 11) is 1.53. The van der Waals surface area contributed by atoms with Crippen molar-refractivity contribution in [1.82, 2.24) is 15.3 Å². The zero-order valence-electron chi connectivity index (χ0n) is 18.2. The smallest absolute Gasteiger partial charge is 0.270 e. The van der Waals surface area contributed by atoms with E-state index in [4.69, 9.17) is 4.74 Å². The lowest BCUT2D eigenvalue weighted by Crippen LogP contribution is -2.38. The first-order valence-electron chi connectivity index (χ1n) is 10.5. The quantitative estimate of drug-likeness (QED) is 0.572. The maximum absolute atomic E-state index is 14.2. The van der Waals surface area contributed by atoms with Gasteiger partial charge in [0.2, 0.25) is 0 Å². The van der Waals surface area contributed by atoms with Gasteiger partial charge in [0.15, 0.2) is 11.6 Å². The molecule has 0 spiro atoms. The molecule has 34 heavy (non-hydrogen) atoms. The van der Waals surface area contributed by atoms with Crippen LogP contribution in [0.1, 0.15) is 37.5 Å². The summed E-state index contributed by atoms with van der Waals surface area (Å²) in [6.45, 7) is -0.455. The van der Waals surface area contributed by atoms with Gasteiger partial charge in [-0.15, -0.1) is 0 Å². The van der Waals surface area contributed by atoms with Crippen molar-refractivity contribution in [3.8, 4) is 5.75 Å². The number of amides is 2. The van der Waals surface area contributed by atoms with Gasteiger partial charge in [0.25, 0.3) is 18.2 Å². The van der Waals surface area contributed by atoms with Crippen molar-refractivity contribution in [3.05, 3.63) is 82.6 Å². The fourth-order valence-corrected chi connectivity index (χ4v) is 3.80. The Morgan fingerprint density at radius 3 is 2.74 bits per heavy atom. The minimum atomic E-state index is -2.65. The van der Waals surface area contributed by atoms with Crippen molar-refractivity contribution in [2.24, 2.45) is 0 Å². The van der Waals surface area contributed by atoms with Gasteiger partial charge in [-0.25, -0.2) is 18.2 Å². The van der Waals surface area contributed by atoms with Gasteiger partial charge in [-0.05, 0) is 53.4 Å². The van der Waals surface area contributed by atoms with Gasteiger partial charge in [-0.2, -0.15) is 0 Å². The highest BCUT2D eigenvalue weighted by molar-refractivity contribution is 6.08. The van der Waals surface area contributed by atoms with Gasteiger partial charge in [0.05, 0.1) is 13.7 Å². The van der Waals surface area contributed by atoms with E-state index in [1.165, 1.54) is 42.6 Å². The normalized spacial score (nSPS) is 13.1. The van der Waals surface area contributed by atoms with Crippen LogP contribution in [0.3, 0.4) is 0 Å². The molecule has 3 heterocycles. The monoisotopic (exact) mass is 470 g/mol. The number of rotatable bonds is 7. The number of carbonyl (C=O) groups excluding carboxylic acids is 2. The number of pyridine rings is 2. The van der Waals surface area contributed by atoms with Gasteiger partial charge in [-0.3, -0.25) is 19.5 Å². The molecule has 2 amide bonds. The van der Waals surface area contributed by atoms with Crippen LogP contribution in [-0.2, 0) is 12.8 Å². The van der Waals surface area contributed by atoms with Crippen LogP contribution in [0, 0.1) is 5.82 Å². The number of nitrogens with one attached hydrogen (secondary N) is 1. The largest absolute Gasteiger partial charge is 0.496 e. The number of hydrogen-bond acceptors (Lipinski definition) is 5. The molecule has 176 valence electrons.